The minimum Gasteiger partial charge on any atom is -0.384 e. The lowest BCUT2D eigenvalue weighted by atomic mass is 10.3. The van der Waals surface area contributed by atoms with E-state index in [0.29, 0.717) is 17.9 Å². The van der Waals surface area contributed by atoms with Gasteiger partial charge in [-0.15, -0.1) is 0 Å². The molecule has 0 atom stereocenters. The van der Waals surface area contributed by atoms with Gasteiger partial charge in [0.05, 0.1) is 5.69 Å². The number of pyridine rings is 1. The Hall–Kier alpha value is -1.60. The Balaban J connectivity index is 2.33. The van der Waals surface area contributed by atoms with Gasteiger partial charge in [-0.05, 0) is 37.3 Å². The summed E-state index contributed by atoms with van der Waals surface area (Å²) >= 11 is 3.30. The van der Waals surface area contributed by atoms with Crippen molar-refractivity contribution >= 4 is 37.3 Å². The number of anilines is 2. The molecule has 5 nitrogen and oxygen atoms in total. The fraction of sp³-hybridized carbons (Fsp3) is 0.154. The molecule has 1 aromatic heterocycles. The van der Waals surface area contributed by atoms with Crippen LogP contribution >= 0.6 is 15.9 Å². The SMILES string of the molecule is CCNc1ccncc1S(=O)(=O)Nc1ccc(Br)cc1. The first kappa shape index (κ1) is 14.8. The number of aromatic nitrogens is 1. The minimum absolute atomic E-state index is 0.129. The third-order valence-corrected chi connectivity index (χ3v) is 4.48. The number of nitrogens with one attached hydrogen (secondary N) is 2. The fourth-order valence-corrected chi connectivity index (χ4v) is 3.11. The predicted octanol–water partition coefficient (Wildman–Crippen LogP) is 3.08. The second-order valence-electron chi connectivity index (χ2n) is 4.01. The summed E-state index contributed by atoms with van der Waals surface area (Å²) in [5.74, 6) is 0. The van der Waals surface area contributed by atoms with E-state index in [4.69, 9.17) is 0 Å². The van der Waals surface area contributed by atoms with E-state index in [1.165, 1.54) is 6.20 Å². The zero-order chi connectivity index (χ0) is 14.6. The maximum Gasteiger partial charge on any atom is 0.265 e. The average molecular weight is 356 g/mol. The van der Waals surface area contributed by atoms with E-state index in [1.807, 2.05) is 6.92 Å². The first-order valence-corrected chi connectivity index (χ1v) is 8.27. The predicted molar refractivity (Wildman–Crippen MR) is 83.4 cm³/mol. The Morgan fingerprint density at radius 1 is 1.20 bits per heavy atom. The summed E-state index contributed by atoms with van der Waals surface area (Å²) in [5.41, 5.74) is 1.03. The highest BCUT2D eigenvalue weighted by molar-refractivity contribution is 9.10. The molecule has 0 unspecified atom stereocenters. The molecule has 20 heavy (non-hydrogen) atoms. The van der Waals surface area contributed by atoms with Crippen molar-refractivity contribution in [3.05, 3.63) is 47.2 Å². The Labute approximate surface area is 126 Å². The van der Waals surface area contributed by atoms with Crippen LogP contribution in [0.3, 0.4) is 0 Å². The molecule has 0 saturated heterocycles. The van der Waals surface area contributed by atoms with Gasteiger partial charge in [0.1, 0.15) is 4.90 Å². The van der Waals surface area contributed by atoms with Crippen molar-refractivity contribution in [3.63, 3.8) is 0 Å². The summed E-state index contributed by atoms with van der Waals surface area (Å²) in [5, 5.41) is 3.01. The number of benzene rings is 1. The number of nitrogens with zero attached hydrogens (tertiary/aromatic N) is 1. The van der Waals surface area contributed by atoms with Crippen LogP contribution in [0.15, 0.2) is 52.1 Å². The van der Waals surface area contributed by atoms with Crippen LogP contribution in [0.5, 0.6) is 0 Å². The normalized spacial score (nSPS) is 11.1. The molecule has 2 rings (SSSR count). The molecule has 0 amide bonds. The Kier molecular flexibility index (Phi) is 4.61. The first-order chi connectivity index (χ1) is 9.53. The van der Waals surface area contributed by atoms with E-state index in [1.54, 1.807) is 36.5 Å². The van der Waals surface area contributed by atoms with E-state index in [2.05, 4.69) is 31.0 Å². The molecule has 0 aliphatic rings. The summed E-state index contributed by atoms with van der Waals surface area (Å²) in [4.78, 5) is 4.01. The number of hydrogen-bond donors (Lipinski definition) is 2. The Morgan fingerprint density at radius 3 is 2.55 bits per heavy atom. The average Bonchev–Trinajstić information content (AvgIpc) is 2.42. The number of rotatable bonds is 5. The molecule has 7 heteroatoms. The zero-order valence-electron chi connectivity index (χ0n) is 10.8. The summed E-state index contributed by atoms with van der Waals surface area (Å²) in [7, 11) is -3.67. The van der Waals surface area contributed by atoms with Gasteiger partial charge in [-0.2, -0.15) is 0 Å². The molecule has 2 aromatic rings. The molecule has 0 aliphatic carbocycles. The van der Waals surface area contributed by atoms with Crippen LogP contribution in [0.4, 0.5) is 11.4 Å². The van der Waals surface area contributed by atoms with Gasteiger partial charge in [0.15, 0.2) is 0 Å². The van der Waals surface area contributed by atoms with Crippen LogP contribution in [0.2, 0.25) is 0 Å². The maximum absolute atomic E-state index is 12.4. The summed E-state index contributed by atoms with van der Waals surface area (Å²) in [6, 6.07) is 8.55. The smallest absolute Gasteiger partial charge is 0.265 e. The third kappa shape index (κ3) is 3.49. The zero-order valence-corrected chi connectivity index (χ0v) is 13.2. The highest BCUT2D eigenvalue weighted by Crippen LogP contribution is 2.23. The molecule has 1 aromatic carbocycles. The maximum atomic E-state index is 12.4. The van der Waals surface area contributed by atoms with Crippen molar-refractivity contribution < 1.29 is 8.42 Å². The lowest BCUT2D eigenvalue weighted by Gasteiger charge is -2.12. The van der Waals surface area contributed by atoms with Gasteiger partial charge >= 0.3 is 0 Å². The molecule has 2 N–H and O–H groups in total. The van der Waals surface area contributed by atoms with Gasteiger partial charge in [-0.3, -0.25) is 9.71 Å². The van der Waals surface area contributed by atoms with E-state index in [0.717, 1.165) is 4.47 Å². The summed E-state index contributed by atoms with van der Waals surface area (Å²) in [6.45, 7) is 2.53. The number of hydrogen-bond acceptors (Lipinski definition) is 4. The summed E-state index contributed by atoms with van der Waals surface area (Å²) in [6.07, 6.45) is 2.88. The number of sulfonamides is 1. The quantitative estimate of drug-likeness (QED) is 0.864. The second-order valence-corrected chi connectivity index (χ2v) is 6.58. The van der Waals surface area contributed by atoms with Crippen molar-refractivity contribution in [1.29, 1.82) is 0 Å². The second kappa shape index (κ2) is 6.23. The molecule has 0 spiro atoms. The van der Waals surface area contributed by atoms with Crippen LogP contribution < -0.4 is 10.0 Å². The lowest BCUT2D eigenvalue weighted by Crippen LogP contribution is -2.15. The number of halogens is 1. The van der Waals surface area contributed by atoms with Crippen LogP contribution in [-0.2, 0) is 10.0 Å². The first-order valence-electron chi connectivity index (χ1n) is 5.99. The van der Waals surface area contributed by atoms with Crippen molar-refractivity contribution in [3.8, 4) is 0 Å². The standard InChI is InChI=1S/C13H14BrN3O2S/c1-2-16-12-7-8-15-9-13(12)20(18,19)17-11-5-3-10(14)4-6-11/h3-9,17H,2H2,1H3,(H,15,16). The highest BCUT2D eigenvalue weighted by Gasteiger charge is 2.18. The van der Waals surface area contributed by atoms with Gasteiger partial charge in [0.2, 0.25) is 0 Å². The third-order valence-electron chi connectivity index (χ3n) is 2.54. The molecule has 106 valence electrons. The largest absolute Gasteiger partial charge is 0.384 e. The van der Waals surface area contributed by atoms with E-state index in [-0.39, 0.29) is 4.90 Å². The van der Waals surface area contributed by atoms with Crippen molar-refractivity contribution in [2.45, 2.75) is 11.8 Å². The van der Waals surface area contributed by atoms with Gasteiger partial charge in [-0.25, -0.2) is 8.42 Å². The van der Waals surface area contributed by atoms with Gasteiger partial charge < -0.3 is 5.32 Å². The van der Waals surface area contributed by atoms with Crippen molar-refractivity contribution in [1.82, 2.24) is 4.98 Å². The fourth-order valence-electron chi connectivity index (χ4n) is 1.66. The van der Waals surface area contributed by atoms with Crippen LogP contribution in [-0.4, -0.2) is 19.9 Å². The molecular weight excluding hydrogens is 342 g/mol. The highest BCUT2D eigenvalue weighted by atomic mass is 79.9. The van der Waals surface area contributed by atoms with Gasteiger partial charge in [0, 0.05) is 29.1 Å². The van der Waals surface area contributed by atoms with Crippen molar-refractivity contribution in [2.24, 2.45) is 0 Å². The molecule has 0 radical (unpaired) electrons. The van der Waals surface area contributed by atoms with Crippen LogP contribution in [0.1, 0.15) is 6.92 Å². The Bertz CT molecular complexity index is 687. The summed E-state index contributed by atoms with van der Waals surface area (Å²) < 4.78 is 28.2. The van der Waals surface area contributed by atoms with Crippen molar-refractivity contribution in [2.75, 3.05) is 16.6 Å². The van der Waals surface area contributed by atoms with Gasteiger partial charge in [-0.1, -0.05) is 15.9 Å². The Morgan fingerprint density at radius 2 is 1.90 bits per heavy atom. The van der Waals surface area contributed by atoms with Gasteiger partial charge in [0.25, 0.3) is 10.0 Å². The molecule has 0 aliphatic heterocycles. The van der Waals surface area contributed by atoms with E-state index in [9.17, 15) is 8.42 Å². The lowest BCUT2D eigenvalue weighted by molar-refractivity contribution is 0.601. The molecule has 1 heterocycles. The molecular formula is C13H14BrN3O2S. The van der Waals surface area contributed by atoms with Crippen LogP contribution in [0.25, 0.3) is 0 Å². The van der Waals surface area contributed by atoms with Crippen LogP contribution in [0, 0.1) is 0 Å². The minimum atomic E-state index is -3.67. The topological polar surface area (TPSA) is 71.1 Å². The molecule has 0 bridgehead atoms. The van der Waals surface area contributed by atoms with E-state index >= 15 is 0 Å². The molecule has 0 fully saturated rings. The molecule has 0 saturated carbocycles. The monoisotopic (exact) mass is 355 g/mol. The van der Waals surface area contributed by atoms with E-state index < -0.39 is 10.0 Å².